The molecule has 3 rings (SSSR count). The molecule has 0 bridgehead atoms. The number of nitrogens with one attached hydrogen (secondary N) is 1. The van der Waals surface area contributed by atoms with Crippen LogP contribution in [0, 0.1) is 6.92 Å². The topological polar surface area (TPSA) is 89.1 Å². The molecule has 96 valence electrons. The van der Waals surface area contributed by atoms with Crippen LogP contribution in [0.25, 0.3) is 5.78 Å². The predicted octanol–water partition coefficient (Wildman–Crippen LogP) is 0.495. The monoisotopic (exact) mass is 247 g/mol. The molecule has 1 aliphatic rings. The third kappa shape index (κ3) is 1.49. The minimum absolute atomic E-state index is 0.0786. The number of hydrogen-bond acceptors (Lipinski definition) is 4. The van der Waals surface area contributed by atoms with E-state index in [2.05, 4.69) is 22.0 Å². The maximum atomic E-state index is 11.8. The fourth-order valence-corrected chi connectivity index (χ4v) is 2.74. The second-order valence-corrected chi connectivity index (χ2v) is 5.36. The van der Waals surface area contributed by atoms with Crippen LogP contribution in [0.1, 0.15) is 37.7 Å². The lowest BCUT2D eigenvalue weighted by Crippen LogP contribution is -2.39. The summed E-state index contributed by atoms with van der Waals surface area (Å²) >= 11 is 0. The zero-order chi connectivity index (χ0) is 12.9. The summed E-state index contributed by atoms with van der Waals surface area (Å²) in [6, 6.07) is 1.57. The minimum atomic E-state index is -0.186. The van der Waals surface area contributed by atoms with Gasteiger partial charge in [-0.2, -0.15) is 9.50 Å². The van der Waals surface area contributed by atoms with Gasteiger partial charge >= 0.3 is 0 Å². The van der Waals surface area contributed by atoms with Crippen LogP contribution in [0.3, 0.4) is 0 Å². The third-order valence-electron chi connectivity index (χ3n) is 4.03. The number of fused-ring (bicyclic) bond motifs is 1. The smallest absolute Gasteiger partial charge is 0.274 e. The van der Waals surface area contributed by atoms with E-state index in [9.17, 15) is 4.79 Å². The molecule has 1 saturated carbocycles. The number of H-pyrrole nitrogens is 1. The van der Waals surface area contributed by atoms with Gasteiger partial charge in [-0.1, -0.05) is 13.3 Å². The standard InChI is InChI=1S/C12H17N5O/c1-7-6-9(18)17-11(14-7)15-10(16-17)12(2)5-3-4-8(12)13/h6,8H,3-5,13H2,1-2H3,(H,14,15,16). The lowest BCUT2D eigenvalue weighted by Gasteiger charge is -2.25. The Morgan fingerprint density at radius 2 is 2.33 bits per heavy atom. The van der Waals surface area contributed by atoms with Crippen molar-refractivity contribution in [3.8, 4) is 0 Å². The number of aromatic amines is 1. The van der Waals surface area contributed by atoms with E-state index in [1.54, 1.807) is 6.92 Å². The van der Waals surface area contributed by atoms with E-state index in [0.717, 1.165) is 25.1 Å². The largest absolute Gasteiger partial charge is 0.327 e. The lowest BCUT2D eigenvalue weighted by molar-refractivity contribution is 0.404. The van der Waals surface area contributed by atoms with Crippen LogP contribution in [0.5, 0.6) is 0 Å². The Morgan fingerprint density at radius 3 is 3.00 bits per heavy atom. The van der Waals surface area contributed by atoms with Crippen LogP contribution < -0.4 is 11.3 Å². The number of rotatable bonds is 1. The highest BCUT2D eigenvalue weighted by Gasteiger charge is 2.40. The first-order chi connectivity index (χ1) is 8.50. The van der Waals surface area contributed by atoms with Gasteiger partial charge in [0.2, 0.25) is 0 Å². The van der Waals surface area contributed by atoms with Crippen LogP contribution in [-0.2, 0) is 5.41 Å². The molecule has 2 atom stereocenters. The molecule has 6 heteroatoms. The summed E-state index contributed by atoms with van der Waals surface area (Å²) in [6.07, 6.45) is 3.08. The van der Waals surface area contributed by atoms with Crippen molar-refractivity contribution in [3.63, 3.8) is 0 Å². The number of aryl methyl sites for hydroxylation is 1. The van der Waals surface area contributed by atoms with Crippen molar-refractivity contribution in [1.29, 1.82) is 0 Å². The first-order valence-electron chi connectivity index (χ1n) is 6.23. The Balaban J connectivity index is 2.20. The molecule has 0 saturated heterocycles. The molecular weight excluding hydrogens is 230 g/mol. The Bertz CT molecular complexity index is 658. The van der Waals surface area contributed by atoms with Crippen molar-refractivity contribution < 1.29 is 0 Å². The molecule has 2 heterocycles. The summed E-state index contributed by atoms with van der Waals surface area (Å²) in [6.45, 7) is 3.89. The highest BCUT2D eigenvalue weighted by Crippen LogP contribution is 2.37. The Hall–Kier alpha value is -1.69. The van der Waals surface area contributed by atoms with E-state index in [1.807, 2.05) is 0 Å². The quantitative estimate of drug-likeness (QED) is 0.767. The van der Waals surface area contributed by atoms with Gasteiger partial charge in [-0.05, 0) is 19.8 Å². The number of hydrogen-bond donors (Lipinski definition) is 2. The third-order valence-corrected chi connectivity index (χ3v) is 4.03. The van der Waals surface area contributed by atoms with Crippen molar-refractivity contribution in [2.45, 2.75) is 44.6 Å². The first kappa shape index (κ1) is 11.4. The number of nitrogens with two attached hydrogens (primary N) is 1. The lowest BCUT2D eigenvalue weighted by atomic mass is 9.84. The van der Waals surface area contributed by atoms with Gasteiger partial charge in [0.15, 0.2) is 0 Å². The van der Waals surface area contributed by atoms with Crippen LogP contribution >= 0.6 is 0 Å². The summed E-state index contributed by atoms with van der Waals surface area (Å²) in [7, 11) is 0. The van der Waals surface area contributed by atoms with E-state index in [4.69, 9.17) is 5.73 Å². The van der Waals surface area contributed by atoms with Crippen molar-refractivity contribution in [1.82, 2.24) is 19.6 Å². The van der Waals surface area contributed by atoms with Gasteiger partial charge in [-0.25, -0.2) is 4.98 Å². The van der Waals surface area contributed by atoms with Crippen molar-refractivity contribution in [2.75, 3.05) is 0 Å². The molecule has 18 heavy (non-hydrogen) atoms. The van der Waals surface area contributed by atoms with E-state index in [0.29, 0.717) is 11.5 Å². The molecule has 2 unspecified atom stereocenters. The van der Waals surface area contributed by atoms with Gasteiger partial charge in [0.1, 0.15) is 5.82 Å². The molecule has 0 aliphatic heterocycles. The van der Waals surface area contributed by atoms with Gasteiger partial charge in [0, 0.05) is 23.2 Å². The van der Waals surface area contributed by atoms with Gasteiger partial charge < -0.3 is 5.73 Å². The summed E-state index contributed by atoms with van der Waals surface area (Å²) in [4.78, 5) is 20.6. The van der Waals surface area contributed by atoms with Gasteiger partial charge in [-0.3, -0.25) is 9.89 Å². The van der Waals surface area contributed by atoms with Gasteiger partial charge in [0.05, 0.1) is 0 Å². The SMILES string of the molecule is Cc1cc(=O)n2[nH]c(C3(C)CCCC3N)nc2n1. The maximum Gasteiger partial charge on any atom is 0.274 e. The van der Waals surface area contributed by atoms with E-state index < -0.39 is 0 Å². The molecule has 1 fully saturated rings. The van der Waals surface area contributed by atoms with Crippen molar-refractivity contribution in [2.24, 2.45) is 5.73 Å². The normalized spacial score (nSPS) is 28.1. The van der Waals surface area contributed by atoms with E-state index in [1.165, 1.54) is 10.6 Å². The van der Waals surface area contributed by atoms with Gasteiger partial charge in [0.25, 0.3) is 11.3 Å². The Labute approximate surface area is 104 Å². The molecule has 2 aromatic rings. The first-order valence-corrected chi connectivity index (χ1v) is 6.23. The molecule has 0 amide bonds. The highest BCUT2D eigenvalue weighted by atomic mass is 16.1. The second kappa shape index (κ2) is 3.65. The van der Waals surface area contributed by atoms with Gasteiger partial charge in [-0.15, -0.1) is 0 Å². The highest BCUT2D eigenvalue weighted by molar-refractivity contribution is 5.30. The van der Waals surface area contributed by atoms with Crippen LogP contribution in [0.2, 0.25) is 0 Å². The molecule has 3 N–H and O–H groups in total. The Morgan fingerprint density at radius 1 is 1.56 bits per heavy atom. The minimum Gasteiger partial charge on any atom is -0.327 e. The zero-order valence-electron chi connectivity index (χ0n) is 10.6. The molecule has 1 aliphatic carbocycles. The van der Waals surface area contributed by atoms with Crippen LogP contribution in [-0.4, -0.2) is 25.6 Å². The fraction of sp³-hybridized carbons (Fsp3) is 0.583. The van der Waals surface area contributed by atoms with Crippen molar-refractivity contribution >= 4 is 5.78 Å². The summed E-state index contributed by atoms with van der Waals surface area (Å²) < 4.78 is 1.39. The summed E-state index contributed by atoms with van der Waals surface area (Å²) in [5, 5.41) is 3.05. The average molecular weight is 247 g/mol. The molecule has 0 aromatic carbocycles. The van der Waals surface area contributed by atoms with E-state index in [-0.39, 0.29) is 17.0 Å². The number of aromatic nitrogens is 4. The Kier molecular flexibility index (Phi) is 2.31. The van der Waals surface area contributed by atoms with Crippen molar-refractivity contribution in [3.05, 3.63) is 27.9 Å². The second-order valence-electron chi connectivity index (χ2n) is 5.36. The molecule has 0 spiro atoms. The molecule has 0 radical (unpaired) electrons. The molecule has 2 aromatic heterocycles. The van der Waals surface area contributed by atoms with E-state index >= 15 is 0 Å². The maximum absolute atomic E-state index is 11.8. The number of nitrogens with zero attached hydrogens (tertiary/aromatic N) is 3. The van der Waals surface area contributed by atoms with Crippen LogP contribution in [0.15, 0.2) is 10.9 Å². The molecule has 6 nitrogen and oxygen atoms in total. The van der Waals surface area contributed by atoms with Crippen LogP contribution in [0.4, 0.5) is 0 Å². The molecular formula is C12H17N5O. The summed E-state index contributed by atoms with van der Waals surface area (Å²) in [5.41, 5.74) is 6.53. The fourth-order valence-electron chi connectivity index (χ4n) is 2.74. The predicted molar refractivity (Wildman–Crippen MR) is 67.5 cm³/mol. The average Bonchev–Trinajstić information content (AvgIpc) is 2.85. The zero-order valence-corrected chi connectivity index (χ0v) is 10.6. The summed E-state index contributed by atoms with van der Waals surface area (Å²) in [5.74, 6) is 1.19.